The van der Waals surface area contributed by atoms with Crippen LogP contribution in [0, 0.1) is 0 Å². The second-order valence-electron chi connectivity index (χ2n) is 5.43. The molecular formula is C18H20N4O3S. The zero-order chi connectivity index (χ0) is 18.5. The van der Waals surface area contributed by atoms with Crippen LogP contribution in [0.2, 0.25) is 0 Å². The van der Waals surface area contributed by atoms with Gasteiger partial charge >= 0.3 is 5.97 Å². The molecule has 8 heteroatoms. The normalized spacial score (nSPS) is 12.1. The Bertz CT molecular complexity index is 895. The van der Waals surface area contributed by atoms with Gasteiger partial charge in [-0.2, -0.15) is 9.61 Å². The van der Waals surface area contributed by atoms with E-state index in [0.29, 0.717) is 29.7 Å². The molecule has 0 unspecified atom stereocenters. The topological polar surface area (TPSA) is 78.6 Å². The fraction of sp³-hybridized carbons (Fsp3) is 0.333. The smallest absolute Gasteiger partial charge is 0.319 e. The third kappa shape index (κ3) is 3.96. The predicted molar refractivity (Wildman–Crippen MR) is 99.3 cm³/mol. The first kappa shape index (κ1) is 18.2. The van der Waals surface area contributed by atoms with E-state index in [9.17, 15) is 4.79 Å². The number of rotatable bonds is 7. The highest BCUT2D eigenvalue weighted by Gasteiger charge is 2.17. The van der Waals surface area contributed by atoms with Gasteiger partial charge in [0.05, 0.1) is 13.2 Å². The Morgan fingerprint density at radius 1 is 1.12 bits per heavy atom. The maximum Gasteiger partial charge on any atom is 0.319 e. The third-order valence-corrected chi connectivity index (χ3v) is 4.58. The zero-order valence-corrected chi connectivity index (χ0v) is 15.7. The van der Waals surface area contributed by atoms with E-state index in [4.69, 9.17) is 9.47 Å². The number of thioether (sulfide) groups is 1. The van der Waals surface area contributed by atoms with Gasteiger partial charge in [-0.15, -0.1) is 10.2 Å². The first-order chi connectivity index (χ1) is 12.6. The molecule has 0 fully saturated rings. The van der Waals surface area contributed by atoms with Crippen molar-refractivity contribution in [2.75, 3.05) is 13.2 Å². The molecule has 2 aromatic heterocycles. The van der Waals surface area contributed by atoms with Gasteiger partial charge in [-0.1, -0.05) is 11.8 Å². The molecule has 0 N–H and O–H groups in total. The van der Waals surface area contributed by atoms with Crippen molar-refractivity contribution in [1.82, 2.24) is 19.8 Å². The van der Waals surface area contributed by atoms with Crippen LogP contribution in [0.3, 0.4) is 0 Å². The van der Waals surface area contributed by atoms with Crippen LogP contribution in [0.15, 0.2) is 41.4 Å². The fourth-order valence-electron chi connectivity index (χ4n) is 2.37. The van der Waals surface area contributed by atoms with Crippen molar-refractivity contribution in [2.24, 2.45) is 0 Å². The number of hydrogen-bond acceptors (Lipinski definition) is 7. The van der Waals surface area contributed by atoms with Gasteiger partial charge in [-0.25, -0.2) is 0 Å². The number of esters is 1. The van der Waals surface area contributed by atoms with Gasteiger partial charge in [0.1, 0.15) is 16.0 Å². The lowest BCUT2D eigenvalue weighted by Gasteiger charge is -2.09. The minimum absolute atomic E-state index is 0.255. The summed E-state index contributed by atoms with van der Waals surface area (Å²) in [6.07, 6.45) is 0. The molecule has 0 radical (unpaired) electrons. The molecule has 0 aliphatic carbocycles. The predicted octanol–water partition coefficient (Wildman–Crippen LogP) is 3.23. The summed E-state index contributed by atoms with van der Waals surface area (Å²) in [5.41, 5.74) is 1.52. The quantitative estimate of drug-likeness (QED) is 0.465. The molecule has 26 heavy (non-hydrogen) atoms. The molecule has 1 atom stereocenters. The molecule has 136 valence electrons. The van der Waals surface area contributed by atoms with Crippen molar-refractivity contribution in [1.29, 1.82) is 0 Å². The summed E-state index contributed by atoms with van der Waals surface area (Å²) in [7, 11) is 0. The van der Waals surface area contributed by atoms with Crippen LogP contribution in [-0.2, 0) is 9.53 Å². The number of nitrogens with zero attached hydrogens (tertiary/aromatic N) is 4. The summed E-state index contributed by atoms with van der Waals surface area (Å²) in [6.45, 7) is 6.52. The third-order valence-electron chi connectivity index (χ3n) is 3.58. The number of benzene rings is 1. The van der Waals surface area contributed by atoms with E-state index in [-0.39, 0.29) is 11.2 Å². The number of carbonyl (C=O) groups excluding carboxylic acids is 1. The summed E-state index contributed by atoms with van der Waals surface area (Å²) in [4.78, 5) is 11.8. The number of hydrogen-bond donors (Lipinski definition) is 0. The van der Waals surface area contributed by atoms with Crippen LogP contribution in [0.4, 0.5) is 0 Å². The highest BCUT2D eigenvalue weighted by atomic mass is 32.2. The molecule has 0 saturated heterocycles. The second kappa shape index (κ2) is 8.18. The maximum atomic E-state index is 11.8. The highest BCUT2D eigenvalue weighted by molar-refractivity contribution is 8.00. The molecular weight excluding hydrogens is 352 g/mol. The van der Waals surface area contributed by atoms with Crippen LogP contribution in [-0.4, -0.2) is 44.2 Å². The first-order valence-electron chi connectivity index (χ1n) is 8.41. The Balaban J connectivity index is 1.87. The van der Waals surface area contributed by atoms with Crippen LogP contribution in [0.1, 0.15) is 20.8 Å². The van der Waals surface area contributed by atoms with Gasteiger partial charge in [0.2, 0.25) is 0 Å². The van der Waals surface area contributed by atoms with Crippen molar-refractivity contribution in [3.05, 3.63) is 36.4 Å². The Kier molecular flexibility index (Phi) is 5.72. The lowest BCUT2D eigenvalue weighted by Crippen LogP contribution is -2.17. The molecule has 0 spiro atoms. The summed E-state index contributed by atoms with van der Waals surface area (Å²) >= 11 is 1.34. The Morgan fingerprint density at radius 3 is 2.58 bits per heavy atom. The van der Waals surface area contributed by atoms with E-state index >= 15 is 0 Å². The Hall–Kier alpha value is -2.61. The molecule has 3 aromatic rings. The van der Waals surface area contributed by atoms with Crippen LogP contribution in [0.5, 0.6) is 5.75 Å². The van der Waals surface area contributed by atoms with Gasteiger partial charge in [0, 0.05) is 5.56 Å². The average molecular weight is 372 g/mol. The van der Waals surface area contributed by atoms with Gasteiger partial charge in [0.25, 0.3) is 0 Å². The van der Waals surface area contributed by atoms with E-state index in [1.54, 1.807) is 18.4 Å². The zero-order valence-electron chi connectivity index (χ0n) is 14.9. The summed E-state index contributed by atoms with van der Waals surface area (Å²) in [5, 5.41) is 13.3. The molecule has 0 aliphatic heterocycles. The summed E-state index contributed by atoms with van der Waals surface area (Å²) in [5.74, 6) is 1.18. The lowest BCUT2D eigenvalue weighted by molar-refractivity contribution is -0.142. The van der Waals surface area contributed by atoms with Crippen molar-refractivity contribution >= 4 is 23.4 Å². The van der Waals surface area contributed by atoms with Gasteiger partial charge in [0.15, 0.2) is 11.5 Å². The minimum atomic E-state index is -0.342. The standard InChI is InChI=1S/C18H20N4O3S/c1-4-24-14-8-6-13(7-9-14)17-20-19-15-10-11-16(21-22(15)17)26-12(3)18(23)25-5-2/h6-12H,4-5H2,1-3H3/t12-/m0/s1. The van der Waals surface area contributed by atoms with Crippen molar-refractivity contribution in [3.8, 4) is 17.1 Å². The maximum absolute atomic E-state index is 11.8. The van der Waals surface area contributed by atoms with Gasteiger partial charge in [-0.05, 0) is 57.2 Å². The molecule has 3 rings (SSSR count). The summed E-state index contributed by atoms with van der Waals surface area (Å²) in [6, 6.07) is 11.3. The monoisotopic (exact) mass is 372 g/mol. The molecule has 0 saturated carbocycles. The number of carbonyl (C=O) groups is 1. The highest BCUT2D eigenvalue weighted by Crippen LogP contribution is 2.25. The van der Waals surface area contributed by atoms with Crippen molar-refractivity contribution < 1.29 is 14.3 Å². The SMILES string of the molecule is CCOC(=O)[C@H](C)Sc1ccc2nnc(-c3ccc(OCC)cc3)n2n1. The van der Waals surface area contributed by atoms with Crippen LogP contribution < -0.4 is 4.74 Å². The molecule has 0 aliphatic rings. The molecule has 0 amide bonds. The first-order valence-corrected chi connectivity index (χ1v) is 9.29. The average Bonchev–Trinajstić information content (AvgIpc) is 3.06. The Morgan fingerprint density at radius 2 is 1.88 bits per heavy atom. The van der Waals surface area contributed by atoms with E-state index in [1.165, 1.54) is 11.8 Å². The van der Waals surface area contributed by atoms with Gasteiger partial charge in [-0.3, -0.25) is 4.79 Å². The number of ether oxygens (including phenoxy) is 2. The van der Waals surface area contributed by atoms with Crippen LogP contribution in [0.25, 0.3) is 17.0 Å². The van der Waals surface area contributed by atoms with E-state index in [1.807, 2.05) is 43.3 Å². The van der Waals surface area contributed by atoms with E-state index < -0.39 is 0 Å². The molecule has 7 nitrogen and oxygen atoms in total. The minimum Gasteiger partial charge on any atom is -0.494 e. The Labute approximate surface area is 155 Å². The number of aromatic nitrogens is 4. The summed E-state index contributed by atoms with van der Waals surface area (Å²) < 4.78 is 12.2. The van der Waals surface area contributed by atoms with E-state index in [2.05, 4.69) is 15.3 Å². The van der Waals surface area contributed by atoms with Gasteiger partial charge < -0.3 is 9.47 Å². The van der Waals surface area contributed by atoms with Crippen LogP contribution >= 0.6 is 11.8 Å². The largest absolute Gasteiger partial charge is 0.494 e. The molecule has 0 bridgehead atoms. The number of fused-ring (bicyclic) bond motifs is 1. The van der Waals surface area contributed by atoms with E-state index in [0.717, 1.165) is 11.3 Å². The van der Waals surface area contributed by atoms with Crippen molar-refractivity contribution in [2.45, 2.75) is 31.0 Å². The molecule has 2 heterocycles. The van der Waals surface area contributed by atoms with Crippen molar-refractivity contribution in [3.63, 3.8) is 0 Å². The molecule has 1 aromatic carbocycles. The lowest BCUT2D eigenvalue weighted by atomic mass is 10.2. The second-order valence-corrected chi connectivity index (χ2v) is 6.80. The fourth-order valence-corrected chi connectivity index (χ4v) is 3.17.